The summed E-state index contributed by atoms with van der Waals surface area (Å²) in [5.41, 5.74) is 1.10. The molecule has 1 unspecified atom stereocenters. The first-order valence-corrected chi connectivity index (χ1v) is 9.67. The Kier molecular flexibility index (Phi) is 6.88. The average Bonchev–Trinajstić information content (AvgIpc) is 3.29. The lowest BCUT2D eigenvalue weighted by Gasteiger charge is -2.21. The number of aromatic nitrogens is 3. The van der Waals surface area contributed by atoms with Crippen molar-refractivity contribution in [3.8, 4) is 11.4 Å². The van der Waals surface area contributed by atoms with Gasteiger partial charge in [-0.1, -0.05) is 18.1 Å². The van der Waals surface area contributed by atoms with Gasteiger partial charge in [-0.3, -0.25) is 0 Å². The van der Waals surface area contributed by atoms with Gasteiger partial charge in [0.05, 0.1) is 12.6 Å². The quantitative estimate of drug-likeness (QED) is 0.323. The number of hydrogen-bond donors (Lipinski definition) is 1. The topological polar surface area (TPSA) is 79.4 Å². The van der Waals surface area contributed by atoms with E-state index in [9.17, 15) is 13.6 Å². The number of nitrogens with zero attached hydrogens (tertiary/aromatic N) is 3. The number of methoxy groups -OCH3 is 1. The first-order chi connectivity index (χ1) is 14.4. The Balaban J connectivity index is 2.15. The first-order valence-electron chi connectivity index (χ1n) is 9.23. The summed E-state index contributed by atoms with van der Waals surface area (Å²) in [5, 5.41) is 4.13. The fourth-order valence-corrected chi connectivity index (χ4v) is 3.48. The molecule has 0 saturated carbocycles. The molecule has 0 aliphatic heterocycles. The van der Waals surface area contributed by atoms with Crippen molar-refractivity contribution in [1.82, 2.24) is 14.7 Å². The molecule has 1 atom stereocenters. The van der Waals surface area contributed by atoms with Crippen LogP contribution in [-0.2, 0) is 9.47 Å². The van der Waals surface area contributed by atoms with Crippen LogP contribution in [0.1, 0.15) is 41.2 Å². The van der Waals surface area contributed by atoms with Crippen LogP contribution >= 0.6 is 12.6 Å². The molecule has 2 heterocycles. The van der Waals surface area contributed by atoms with Crippen molar-refractivity contribution in [3.05, 3.63) is 52.9 Å². The molecule has 0 aliphatic rings. The second-order valence-electron chi connectivity index (χ2n) is 6.53. The number of aryl methyl sites for hydroxylation is 1. The smallest absolute Gasteiger partial charge is 0.357 e. The van der Waals surface area contributed by atoms with E-state index in [-0.39, 0.29) is 29.8 Å². The molecule has 0 spiro atoms. The molecule has 0 radical (unpaired) electrons. The van der Waals surface area contributed by atoms with Gasteiger partial charge in [-0.25, -0.2) is 18.6 Å². The van der Waals surface area contributed by atoms with E-state index in [4.69, 9.17) is 14.0 Å². The molecule has 0 aliphatic carbocycles. The van der Waals surface area contributed by atoms with Crippen LogP contribution < -0.4 is 0 Å². The Morgan fingerprint density at radius 1 is 1.27 bits per heavy atom. The number of rotatable bonds is 8. The number of imidazole rings is 1. The molecule has 0 fully saturated rings. The molecule has 7 nitrogen and oxygen atoms in total. The summed E-state index contributed by atoms with van der Waals surface area (Å²) in [6.45, 7) is 3.80. The number of ether oxygens (including phenoxy) is 2. The third kappa shape index (κ3) is 4.39. The van der Waals surface area contributed by atoms with Crippen molar-refractivity contribution in [2.24, 2.45) is 0 Å². The zero-order valence-corrected chi connectivity index (χ0v) is 17.6. The molecule has 3 rings (SSSR count). The molecule has 30 heavy (non-hydrogen) atoms. The molecule has 0 bridgehead atoms. The zero-order valence-electron chi connectivity index (χ0n) is 16.7. The summed E-state index contributed by atoms with van der Waals surface area (Å²) in [6, 6.07) is 4.67. The van der Waals surface area contributed by atoms with Crippen LogP contribution in [0.4, 0.5) is 8.78 Å². The Morgan fingerprint density at radius 2 is 2.03 bits per heavy atom. The van der Waals surface area contributed by atoms with E-state index in [1.54, 1.807) is 13.0 Å². The van der Waals surface area contributed by atoms with E-state index < -0.39 is 23.6 Å². The predicted octanol–water partition coefficient (Wildman–Crippen LogP) is 4.22. The van der Waals surface area contributed by atoms with Crippen molar-refractivity contribution in [2.75, 3.05) is 20.3 Å². The van der Waals surface area contributed by atoms with Crippen LogP contribution in [-0.4, -0.2) is 41.0 Å². The van der Waals surface area contributed by atoms with E-state index in [1.165, 1.54) is 17.7 Å². The Hall–Kier alpha value is -2.72. The van der Waals surface area contributed by atoms with E-state index in [2.05, 4.69) is 22.8 Å². The van der Waals surface area contributed by atoms with Crippen molar-refractivity contribution in [2.45, 2.75) is 31.5 Å². The SMILES string of the molecule is CCC(c1ccc(F)c(F)c1)n1c(S)nc(-c2cc(C)on2)c1C(=O)OCCOC. The van der Waals surface area contributed by atoms with Crippen molar-refractivity contribution in [1.29, 1.82) is 0 Å². The zero-order chi connectivity index (χ0) is 21.8. The lowest BCUT2D eigenvalue weighted by molar-refractivity contribution is 0.0374. The monoisotopic (exact) mass is 437 g/mol. The Labute approximate surface area is 177 Å². The minimum Gasteiger partial charge on any atom is -0.459 e. The van der Waals surface area contributed by atoms with Gasteiger partial charge >= 0.3 is 5.97 Å². The summed E-state index contributed by atoms with van der Waals surface area (Å²) < 4.78 is 44.2. The van der Waals surface area contributed by atoms with Crippen LogP contribution in [0, 0.1) is 18.6 Å². The highest BCUT2D eigenvalue weighted by Crippen LogP contribution is 2.33. The van der Waals surface area contributed by atoms with Gasteiger partial charge < -0.3 is 18.6 Å². The lowest BCUT2D eigenvalue weighted by atomic mass is 10.0. The maximum absolute atomic E-state index is 13.9. The largest absolute Gasteiger partial charge is 0.459 e. The number of halogens is 2. The Morgan fingerprint density at radius 3 is 2.63 bits per heavy atom. The maximum atomic E-state index is 13.9. The van der Waals surface area contributed by atoms with E-state index >= 15 is 0 Å². The molecule has 0 N–H and O–H groups in total. The number of carbonyl (C=O) groups excluding carboxylic acids is 1. The highest BCUT2D eigenvalue weighted by atomic mass is 32.1. The van der Waals surface area contributed by atoms with Gasteiger partial charge in [0.1, 0.15) is 23.8 Å². The number of carbonyl (C=O) groups is 1. The second kappa shape index (κ2) is 9.40. The summed E-state index contributed by atoms with van der Waals surface area (Å²) in [7, 11) is 1.49. The lowest BCUT2D eigenvalue weighted by Crippen LogP contribution is -2.20. The molecule has 2 aromatic heterocycles. The third-order valence-corrected chi connectivity index (χ3v) is 4.82. The summed E-state index contributed by atoms with van der Waals surface area (Å²) in [5.74, 6) is -2.07. The van der Waals surface area contributed by atoms with Gasteiger partial charge in [0, 0.05) is 13.2 Å². The Bertz CT molecular complexity index is 1050. The van der Waals surface area contributed by atoms with Crippen LogP contribution in [0.2, 0.25) is 0 Å². The minimum atomic E-state index is -0.983. The van der Waals surface area contributed by atoms with E-state index in [0.717, 1.165) is 12.1 Å². The highest BCUT2D eigenvalue weighted by Gasteiger charge is 2.30. The summed E-state index contributed by atoms with van der Waals surface area (Å²) in [6.07, 6.45) is 0.449. The molecule has 10 heteroatoms. The molecule has 1 aromatic carbocycles. The summed E-state index contributed by atoms with van der Waals surface area (Å²) >= 11 is 4.43. The third-order valence-electron chi connectivity index (χ3n) is 4.50. The number of hydrogen-bond acceptors (Lipinski definition) is 7. The maximum Gasteiger partial charge on any atom is 0.357 e. The highest BCUT2D eigenvalue weighted by molar-refractivity contribution is 7.80. The van der Waals surface area contributed by atoms with Crippen molar-refractivity contribution >= 4 is 18.6 Å². The van der Waals surface area contributed by atoms with Crippen LogP contribution in [0.15, 0.2) is 33.9 Å². The summed E-state index contributed by atoms with van der Waals surface area (Å²) in [4.78, 5) is 17.3. The number of esters is 1. The number of benzene rings is 1. The van der Waals surface area contributed by atoms with Crippen LogP contribution in [0.25, 0.3) is 11.4 Å². The van der Waals surface area contributed by atoms with Crippen LogP contribution in [0.3, 0.4) is 0 Å². The molecular weight excluding hydrogens is 416 g/mol. The van der Waals surface area contributed by atoms with Gasteiger partial charge in [0.15, 0.2) is 22.5 Å². The first kappa shape index (κ1) is 22.0. The van der Waals surface area contributed by atoms with Gasteiger partial charge in [-0.15, -0.1) is 12.6 Å². The van der Waals surface area contributed by atoms with E-state index in [0.29, 0.717) is 23.4 Å². The van der Waals surface area contributed by atoms with Gasteiger partial charge in [-0.2, -0.15) is 0 Å². The van der Waals surface area contributed by atoms with Gasteiger partial charge in [0.25, 0.3) is 0 Å². The van der Waals surface area contributed by atoms with Crippen molar-refractivity contribution in [3.63, 3.8) is 0 Å². The fraction of sp³-hybridized carbons (Fsp3) is 0.350. The van der Waals surface area contributed by atoms with Crippen LogP contribution in [0.5, 0.6) is 0 Å². The standard InChI is InChI=1S/C20H21F2N3O4S/c1-4-16(12-5-6-13(21)14(22)10-12)25-18(19(26)28-8-7-27-3)17(23-20(25)30)15-9-11(2)29-24-15/h5-6,9-10,16H,4,7-8H2,1-3H3,(H,23,30). The average molecular weight is 437 g/mol. The minimum absolute atomic E-state index is 0.0294. The van der Waals surface area contributed by atoms with E-state index in [1.807, 2.05) is 6.92 Å². The molecule has 3 aromatic rings. The van der Waals surface area contributed by atoms with Gasteiger partial charge in [0.2, 0.25) is 0 Å². The second-order valence-corrected chi connectivity index (χ2v) is 6.93. The van der Waals surface area contributed by atoms with Gasteiger partial charge in [-0.05, 0) is 31.0 Å². The molecule has 0 saturated heterocycles. The van der Waals surface area contributed by atoms with Crippen molar-refractivity contribution < 1.29 is 27.6 Å². The molecule has 0 amide bonds. The predicted molar refractivity (Wildman–Crippen MR) is 107 cm³/mol. The molecule has 160 valence electrons. The molecular formula is C20H21F2N3O4S. The number of thiol groups is 1. The fourth-order valence-electron chi connectivity index (χ4n) is 3.14. The normalized spacial score (nSPS) is 12.2.